The van der Waals surface area contributed by atoms with Crippen LogP contribution in [0.2, 0.25) is 0 Å². The number of hydrogen-bond donors (Lipinski definition) is 3. The second-order valence-electron chi connectivity index (χ2n) is 9.68. The second kappa shape index (κ2) is 12.8. The van der Waals surface area contributed by atoms with Gasteiger partial charge < -0.3 is 25.2 Å². The number of aliphatic hydroxyl groups excluding tert-OH is 2. The SMILES string of the molecule is C=CCCCCC(=O)N(CCc1cccc(F)c1)C1C=C(C(=O)NCCO)C2c3ccccc3OC2C1O. The van der Waals surface area contributed by atoms with Crippen molar-refractivity contribution < 1.29 is 28.9 Å². The summed E-state index contributed by atoms with van der Waals surface area (Å²) >= 11 is 0. The number of unbranched alkanes of at least 4 members (excludes halogenated alkanes) is 2. The number of halogens is 1. The summed E-state index contributed by atoms with van der Waals surface area (Å²) in [6.07, 6.45) is 4.55. The van der Waals surface area contributed by atoms with Crippen LogP contribution in [0.25, 0.3) is 0 Å². The summed E-state index contributed by atoms with van der Waals surface area (Å²) in [4.78, 5) is 28.3. The van der Waals surface area contributed by atoms with Gasteiger partial charge in [0.25, 0.3) is 0 Å². The van der Waals surface area contributed by atoms with Crippen LogP contribution < -0.4 is 10.1 Å². The third-order valence-electron chi connectivity index (χ3n) is 7.14. The third kappa shape index (κ3) is 6.14. The summed E-state index contributed by atoms with van der Waals surface area (Å²) in [5.74, 6) is -0.816. The van der Waals surface area contributed by atoms with E-state index in [9.17, 15) is 24.2 Å². The molecule has 38 heavy (non-hydrogen) atoms. The maximum absolute atomic E-state index is 13.8. The minimum Gasteiger partial charge on any atom is -0.486 e. The van der Waals surface area contributed by atoms with Gasteiger partial charge in [0.05, 0.1) is 18.6 Å². The molecule has 0 aromatic heterocycles. The fourth-order valence-corrected chi connectivity index (χ4v) is 5.28. The van der Waals surface area contributed by atoms with Crippen molar-refractivity contribution in [1.82, 2.24) is 10.2 Å². The van der Waals surface area contributed by atoms with Gasteiger partial charge in [0.15, 0.2) is 0 Å². The third-order valence-corrected chi connectivity index (χ3v) is 7.14. The first kappa shape index (κ1) is 27.5. The zero-order valence-electron chi connectivity index (χ0n) is 21.4. The highest BCUT2D eigenvalue weighted by Gasteiger charge is 2.50. The summed E-state index contributed by atoms with van der Waals surface area (Å²) in [6.45, 7) is 3.82. The van der Waals surface area contributed by atoms with Crippen molar-refractivity contribution in [2.45, 2.75) is 56.3 Å². The standard InChI is InChI=1S/C30H35FN2O5/c1-2-3-4-5-13-26(35)33(16-14-20-9-8-10-21(31)18-20)24-19-23(30(37)32-15-17-34)27-22-11-6-7-12-25(22)38-29(27)28(24)36/h2,6-12,18-19,24,27-29,34,36H,1,3-5,13-17H2,(H,32,37). The van der Waals surface area contributed by atoms with E-state index in [1.165, 1.54) is 12.1 Å². The molecule has 2 aromatic carbocycles. The Morgan fingerprint density at radius 1 is 1.16 bits per heavy atom. The lowest BCUT2D eigenvalue weighted by molar-refractivity contribution is -0.137. The van der Waals surface area contributed by atoms with Crippen LogP contribution >= 0.6 is 0 Å². The molecule has 1 heterocycles. The van der Waals surface area contributed by atoms with E-state index in [1.807, 2.05) is 24.3 Å². The lowest BCUT2D eigenvalue weighted by Gasteiger charge is -2.41. The molecular formula is C30H35FN2O5. The van der Waals surface area contributed by atoms with Crippen molar-refractivity contribution in [3.8, 4) is 5.75 Å². The van der Waals surface area contributed by atoms with Gasteiger partial charge in [0.2, 0.25) is 11.8 Å². The summed E-state index contributed by atoms with van der Waals surface area (Å²) in [6, 6.07) is 12.7. The van der Waals surface area contributed by atoms with Crippen molar-refractivity contribution in [3.05, 3.63) is 89.8 Å². The Bertz CT molecular complexity index is 1180. The molecule has 202 valence electrons. The quantitative estimate of drug-likeness (QED) is 0.294. The molecule has 0 saturated carbocycles. The zero-order chi connectivity index (χ0) is 27.1. The Hall–Kier alpha value is -3.49. The number of para-hydroxylation sites is 1. The fourth-order valence-electron chi connectivity index (χ4n) is 5.28. The summed E-state index contributed by atoms with van der Waals surface area (Å²) in [5.41, 5.74) is 1.91. The molecule has 2 amide bonds. The van der Waals surface area contributed by atoms with Gasteiger partial charge in [-0.15, -0.1) is 6.58 Å². The van der Waals surface area contributed by atoms with Crippen LogP contribution in [-0.2, 0) is 16.0 Å². The minimum atomic E-state index is -1.09. The van der Waals surface area contributed by atoms with Gasteiger partial charge in [-0.1, -0.05) is 36.4 Å². The molecule has 8 heteroatoms. The minimum absolute atomic E-state index is 0.0782. The smallest absolute Gasteiger partial charge is 0.247 e. The largest absolute Gasteiger partial charge is 0.486 e. The lowest BCUT2D eigenvalue weighted by Crippen LogP contribution is -2.56. The number of nitrogens with one attached hydrogen (secondary N) is 1. The van der Waals surface area contributed by atoms with Crippen LogP contribution in [0.5, 0.6) is 5.75 Å². The molecule has 4 rings (SSSR count). The van der Waals surface area contributed by atoms with E-state index in [1.54, 1.807) is 29.2 Å². The normalized spacial score (nSPS) is 21.5. The number of carbonyl (C=O) groups excluding carboxylic acids is 2. The van der Waals surface area contributed by atoms with Gasteiger partial charge >= 0.3 is 0 Å². The molecule has 0 spiro atoms. The monoisotopic (exact) mass is 522 g/mol. The number of aliphatic hydroxyl groups is 2. The van der Waals surface area contributed by atoms with E-state index >= 15 is 0 Å². The Morgan fingerprint density at radius 2 is 1.97 bits per heavy atom. The molecule has 4 unspecified atom stereocenters. The average Bonchev–Trinajstić information content (AvgIpc) is 3.31. The highest BCUT2D eigenvalue weighted by atomic mass is 19.1. The predicted octanol–water partition coefficient (Wildman–Crippen LogP) is 3.27. The molecule has 0 radical (unpaired) electrons. The predicted molar refractivity (Wildman–Crippen MR) is 142 cm³/mol. The van der Waals surface area contributed by atoms with Crippen molar-refractivity contribution in [1.29, 1.82) is 0 Å². The second-order valence-corrected chi connectivity index (χ2v) is 9.68. The van der Waals surface area contributed by atoms with Crippen molar-refractivity contribution in [3.63, 3.8) is 0 Å². The summed E-state index contributed by atoms with van der Waals surface area (Å²) in [5, 5.41) is 23.5. The Kier molecular flexibility index (Phi) is 9.31. The first-order valence-corrected chi connectivity index (χ1v) is 13.1. The molecular weight excluding hydrogens is 487 g/mol. The topological polar surface area (TPSA) is 99.1 Å². The van der Waals surface area contributed by atoms with Gasteiger partial charge in [-0.2, -0.15) is 0 Å². The van der Waals surface area contributed by atoms with Crippen molar-refractivity contribution >= 4 is 11.8 Å². The number of fused-ring (bicyclic) bond motifs is 3. The molecule has 4 atom stereocenters. The number of benzene rings is 2. The summed E-state index contributed by atoms with van der Waals surface area (Å²) in [7, 11) is 0. The molecule has 2 aromatic rings. The van der Waals surface area contributed by atoms with Gasteiger partial charge in [-0.25, -0.2) is 4.39 Å². The zero-order valence-corrected chi connectivity index (χ0v) is 21.4. The van der Waals surface area contributed by atoms with Crippen LogP contribution in [0.4, 0.5) is 4.39 Å². The molecule has 7 nitrogen and oxygen atoms in total. The lowest BCUT2D eigenvalue weighted by atomic mass is 9.77. The molecule has 2 aliphatic rings. The van der Waals surface area contributed by atoms with Crippen LogP contribution in [0.3, 0.4) is 0 Å². The number of carbonyl (C=O) groups is 2. The number of allylic oxidation sites excluding steroid dienone is 1. The molecule has 1 aliphatic carbocycles. The maximum Gasteiger partial charge on any atom is 0.247 e. The van der Waals surface area contributed by atoms with E-state index in [2.05, 4.69) is 11.9 Å². The fraction of sp³-hybridized carbons (Fsp3) is 0.400. The van der Waals surface area contributed by atoms with E-state index < -0.39 is 24.2 Å². The van der Waals surface area contributed by atoms with Crippen LogP contribution in [0.1, 0.15) is 42.7 Å². The number of ether oxygens (including phenoxy) is 1. The van der Waals surface area contributed by atoms with E-state index in [-0.39, 0.29) is 43.7 Å². The van der Waals surface area contributed by atoms with E-state index in [4.69, 9.17) is 4.74 Å². The molecule has 3 N–H and O–H groups in total. The highest BCUT2D eigenvalue weighted by molar-refractivity contribution is 5.96. The molecule has 0 saturated heterocycles. The first-order chi connectivity index (χ1) is 18.4. The molecule has 1 aliphatic heterocycles. The van der Waals surface area contributed by atoms with Crippen LogP contribution in [0.15, 0.2) is 72.8 Å². The van der Waals surface area contributed by atoms with Crippen LogP contribution in [0, 0.1) is 5.82 Å². The van der Waals surface area contributed by atoms with Gasteiger partial charge in [-0.05, 0) is 55.5 Å². The van der Waals surface area contributed by atoms with Gasteiger partial charge in [-0.3, -0.25) is 9.59 Å². The average molecular weight is 523 g/mol. The number of amides is 2. The number of nitrogens with zero attached hydrogens (tertiary/aromatic N) is 1. The van der Waals surface area contributed by atoms with Crippen LogP contribution in [-0.4, -0.2) is 64.9 Å². The summed E-state index contributed by atoms with van der Waals surface area (Å²) < 4.78 is 19.9. The Balaban J connectivity index is 1.67. The number of rotatable bonds is 12. The molecule has 0 fully saturated rings. The number of hydrogen-bond acceptors (Lipinski definition) is 5. The van der Waals surface area contributed by atoms with E-state index in [0.29, 0.717) is 24.2 Å². The highest BCUT2D eigenvalue weighted by Crippen LogP contribution is 2.47. The van der Waals surface area contributed by atoms with Crippen molar-refractivity contribution in [2.24, 2.45) is 0 Å². The Labute approximate surface area is 222 Å². The maximum atomic E-state index is 13.8. The van der Waals surface area contributed by atoms with E-state index in [0.717, 1.165) is 24.0 Å². The van der Waals surface area contributed by atoms with Gasteiger partial charge in [0.1, 0.15) is 23.8 Å². The van der Waals surface area contributed by atoms with Crippen molar-refractivity contribution in [2.75, 3.05) is 19.7 Å². The first-order valence-electron chi connectivity index (χ1n) is 13.1. The molecule has 0 bridgehead atoms. The Morgan fingerprint density at radius 3 is 2.74 bits per heavy atom. The van der Waals surface area contributed by atoms with Gasteiger partial charge in [0, 0.05) is 30.6 Å².